The molecule has 0 spiro atoms. The first kappa shape index (κ1) is 15.3. The van der Waals surface area contributed by atoms with Gasteiger partial charge in [-0.05, 0) is 42.7 Å². The molecule has 1 saturated heterocycles. The number of pyridine rings is 1. The van der Waals surface area contributed by atoms with Gasteiger partial charge in [-0.15, -0.1) is 12.4 Å². The molecule has 1 aromatic heterocycles. The van der Waals surface area contributed by atoms with E-state index >= 15 is 0 Å². The topological polar surface area (TPSA) is 59.2 Å². The van der Waals surface area contributed by atoms with Crippen LogP contribution in [0.2, 0.25) is 0 Å². The van der Waals surface area contributed by atoms with Gasteiger partial charge in [-0.3, -0.25) is 9.78 Å². The predicted octanol–water partition coefficient (Wildman–Crippen LogP) is 3.06. The highest BCUT2D eigenvalue weighted by atomic mass is 35.5. The Morgan fingerprint density at radius 1 is 1.29 bits per heavy atom. The minimum atomic E-state index is 0. The van der Waals surface area contributed by atoms with E-state index in [4.69, 9.17) is 5.73 Å². The van der Waals surface area contributed by atoms with Crippen LogP contribution in [0.25, 0.3) is 0 Å². The average molecular weight is 304 g/mol. The quantitative estimate of drug-likeness (QED) is 0.867. The molecule has 2 aromatic rings. The molecule has 4 nitrogen and oxygen atoms in total. The molecule has 5 heteroatoms. The molecule has 1 unspecified atom stereocenters. The van der Waals surface area contributed by atoms with Crippen molar-refractivity contribution in [3.05, 3.63) is 59.9 Å². The van der Waals surface area contributed by atoms with E-state index in [1.54, 1.807) is 18.3 Å². The van der Waals surface area contributed by atoms with Crippen LogP contribution in [0.4, 0.5) is 5.69 Å². The molecule has 1 fully saturated rings. The highest BCUT2D eigenvalue weighted by molar-refractivity contribution is 5.95. The molecule has 0 radical (unpaired) electrons. The Morgan fingerprint density at radius 2 is 2.14 bits per heavy atom. The minimum absolute atomic E-state index is 0. The number of carbonyl (C=O) groups is 1. The van der Waals surface area contributed by atoms with Gasteiger partial charge >= 0.3 is 0 Å². The van der Waals surface area contributed by atoms with Crippen molar-refractivity contribution < 1.29 is 4.79 Å². The van der Waals surface area contributed by atoms with E-state index in [9.17, 15) is 4.79 Å². The Labute approximate surface area is 130 Å². The summed E-state index contributed by atoms with van der Waals surface area (Å²) in [6, 6.07) is 11.2. The van der Waals surface area contributed by atoms with E-state index in [-0.39, 0.29) is 24.4 Å². The number of aromatic nitrogens is 1. The number of carbonyl (C=O) groups excluding carboxylic acids is 1. The number of hydrogen-bond acceptors (Lipinski definition) is 3. The van der Waals surface area contributed by atoms with Crippen molar-refractivity contribution in [2.75, 3.05) is 12.3 Å². The highest BCUT2D eigenvalue weighted by Gasteiger charge is 2.30. The molecule has 1 atom stereocenters. The van der Waals surface area contributed by atoms with Crippen LogP contribution in [0.1, 0.15) is 34.8 Å². The molecular formula is C16H18ClN3O. The largest absolute Gasteiger partial charge is 0.399 e. The molecule has 0 bridgehead atoms. The highest BCUT2D eigenvalue weighted by Crippen LogP contribution is 2.32. The summed E-state index contributed by atoms with van der Waals surface area (Å²) >= 11 is 0. The number of nitrogen functional groups attached to an aromatic ring is 1. The fourth-order valence-corrected chi connectivity index (χ4v) is 2.77. The summed E-state index contributed by atoms with van der Waals surface area (Å²) in [7, 11) is 0. The summed E-state index contributed by atoms with van der Waals surface area (Å²) in [5, 5.41) is 0. The van der Waals surface area contributed by atoms with Gasteiger partial charge in [-0.1, -0.05) is 12.1 Å². The fourth-order valence-electron chi connectivity index (χ4n) is 2.77. The maximum Gasteiger partial charge on any atom is 0.254 e. The zero-order valence-electron chi connectivity index (χ0n) is 11.6. The lowest BCUT2D eigenvalue weighted by Crippen LogP contribution is -2.30. The number of amides is 1. The molecule has 1 aromatic carbocycles. The summed E-state index contributed by atoms with van der Waals surface area (Å²) in [5.74, 6) is 0.0450. The molecule has 1 aliphatic rings. The lowest BCUT2D eigenvalue weighted by molar-refractivity contribution is 0.0735. The Bertz CT molecular complexity index is 618. The Morgan fingerprint density at radius 3 is 2.86 bits per heavy atom. The number of rotatable bonds is 2. The van der Waals surface area contributed by atoms with Crippen molar-refractivity contribution in [3.8, 4) is 0 Å². The number of nitrogens with zero attached hydrogens (tertiary/aromatic N) is 2. The van der Waals surface area contributed by atoms with E-state index in [1.165, 1.54) is 0 Å². The normalized spacial score (nSPS) is 17.3. The second-order valence-corrected chi connectivity index (χ2v) is 5.07. The van der Waals surface area contributed by atoms with Crippen LogP contribution in [0.15, 0.2) is 48.8 Å². The summed E-state index contributed by atoms with van der Waals surface area (Å²) < 4.78 is 0. The van der Waals surface area contributed by atoms with E-state index in [1.807, 2.05) is 35.4 Å². The zero-order chi connectivity index (χ0) is 13.9. The zero-order valence-corrected chi connectivity index (χ0v) is 12.4. The van der Waals surface area contributed by atoms with Crippen molar-refractivity contribution in [2.24, 2.45) is 0 Å². The van der Waals surface area contributed by atoms with Crippen LogP contribution in [0, 0.1) is 0 Å². The van der Waals surface area contributed by atoms with Crippen LogP contribution >= 0.6 is 12.4 Å². The maximum absolute atomic E-state index is 12.6. The van der Waals surface area contributed by atoms with Crippen LogP contribution < -0.4 is 5.73 Å². The summed E-state index contributed by atoms with van der Waals surface area (Å²) in [5.41, 5.74) is 8.13. The lowest BCUT2D eigenvalue weighted by atomic mass is 10.1. The van der Waals surface area contributed by atoms with Crippen molar-refractivity contribution >= 4 is 24.0 Å². The van der Waals surface area contributed by atoms with Crippen LogP contribution in [-0.4, -0.2) is 22.3 Å². The third-order valence-electron chi connectivity index (χ3n) is 3.72. The molecule has 3 rings (SSSR count). The van der Waals surface area contributed by atoms with Gasteiger partial charge in [0.2, 0.25) is 0 Å². The van der Waals surface area contributed by atoms with Crippen LogP contribution in [0.5, 0.6) is 0 Å². The predicted molar refractivity (Wildman–Crippen MR) is 85.4 cm³/mol. The fraction of sp³-hybridized carbons (Fsp3) is 0.250. The molecule has 0 aliphatic carbocycles. The summed E-state index contributed by atoms with van der Waals surface area (Å²) in [6.07, 6.45) is 5.60. The van der Waals surface area contributed by atoms with E-state index in [0.717, 1.165) is 24.9 Å². The van der Waals surface area contributed by atoms with Crippen molar-refractivity contribution in [3.63, 3.8) is 0 Å². The lowest BCUT2D eigenvalue weighted by Gasteiger charge is -2.25. The number of benzene rings is 1. The first-order valence-corrected chi connectivity index (χ1v) is 6.82. The van der Waals surface area contributed by atoms with Gasteiger partial charge in [0, 0.05) is 30.2 Å². The van der Waals surface area contributed by atoms with E-state index in [2.05, 4.69) is 4.98 Å². The first-order valence-electron chi connectivity index (χ1n) is 6.82. The maximum atomic E-state index is 12.6. The number of anilines is 1. The van der Waals surface area contributed by atoms with Gasteiger partial charge in [0.25, 0.3) is 5.91 Å². The Kier molecular flexibility index (Phi) is 4.81. The van der Waals surface area contributed by atoms with Crippen molar-refractivity contribution in [1.29, 1.82) is 0 Å². The molecule has 2 heterocycles. The SMILES string of the molecule is Cl.Nc1cccc(C(=O)N2CCCC2c2cccnc2)c1. The summed E-state index contributed by atoms with van der Waals surface area (Å²) in [6.45, 7) is 0.785. The molecule has 1 amide bonds. The second kappa shape index (κ2) is 6.59. The van der Waals surface area contributed by atoms with Gasteiger partial charge in [0.15, 0.2) is 0 Å². The van der Waals surface area contributed by atoms with Gasteiger partial charge in [-0.25, -0.2) is 0 Å². The molecule has 2 N–H and O–H groups in total. The van der Waals surface area contributed by atoms with Gasteiger partial charge in [-0.2, -0.15) is 0 Å². The van der Waals surface area contributed by atoms with Gasteiger partial charge < -0.3 is 10.6 Å². The van der Waals surface area contributed by atoms with Crippen molar-refractivity contribution in [1.82, 2.24) is 9.88 Å². The molecule has 0 saturated carbocycles. The molecule has 21 heavy (non-hydrogen) atoms. The number of hydrogen-bond donors (Lipinski definition) is 1. The minimum Gasteiger partial charge on any atom is -0.399 e. The third-order valence-corrected chi connectivity index (χ3v) is 3.72. The number of likely N-dealkylation sites (tertiary alicyclic amines) is 1. The number of halogens is 1. The molecular weight excluding hydrogens is 286 g/mol. The molecule has 1 aliphatic heterocycles. The van der Waals surface area contributed by atoms with E-state index < -0.39 is 0 Å². The van der Waals surface area contributed by atoms with Gasteiger partial charge in [0.1, 0.15) is 0 Å². The standard InChI is InChI=1S/C16H17N3O.ClH/c17-14-6-1-4-12(10-14)16(20)19-9-3-7-15(19)13-5-2-8-18-11-13;/h1-2,4-6,8,10-11,15H,3,7,9,17H2;1H. The summed E-state index contributed by atoms with van der Waals surface area (Å²) in [4.78, 5) is 18.7. The Balaban J connectivity index is 0.00000161. The molecule has 110 valence electrons. The van der Waals surface area contributed by atoms with Crippen LogP contribution in [0.3, 0.4) is 0 Å². The Hall–Kier alpha value is -2.07. The van der Waals surface area contributed by atoms with E-state index in [0.29, 0.717) is 11.3 Å². The average Bonchev–Trinajstić information content (AvgIpc) is 2.97. The smallest absolute Gasteiger partial charge is 0.254 e. The number of nitrogens with two attached hydrogens (primary N) is 1. The second-order valence-electron chi connectivity index (χ2n) is 5.07. The first-order chi connectivity index (χ1) is 9.75. The van der Waals surface area contributed by atoms with Crippen LogP contribution in [-0.2, 0) is 0 Å². The monoisotopic (exact) mass is 303 g/mol. The third kappa shape index (κ3) is 3.16. The van der Waals surface area contributed by atoms with Crippen molar-refractivity contribution in [2.45, 2.75) is 18.9 Å². The van der Waals surface area contributed by atoms with Gasteiger partial charge in [0.05, 0.1) is 6.04 Å².